The number of imidazole rings is 1. The highest BCUT2D eigenvalue weighted by molar-refractivity contribution is 5.82. The van der Waals surface area contributed by atoms with Crippen molar-refractivity contribution in [1.29, 1.82) is 0 Å². The molecule has 0 aliphatic carbocycles. The molecule has 2 aromatic rings. The molecule has 0 aromatic carbocycles. The molecule has 126 valence electrons. The van der Waals surface area contributed by atoms with Gasteiger partial charge in [-0.2, -0.15) is 0 Å². The Morgan fingerprint density at radius 1 is 1.26 bits per heavy atom. The quantitative estimate of drug-likeness (QED) is 0.542. The number of esters is 1. The number of unbranched alkanes of at least 4 members (excludes halogenated alkanes) is 2. The lowest BCUT2D eigenvalue weighted by atomic mass is 10.2. The Hall–Kier alpha value is -2.22. The smallest absolute Gasteiger partial charge is 0.307 e. The lowest BCUT2D eigenvalue weighted by Crippen LogP contribution is -2.12. The minimum Gasteiger partial charge on any atom is -0.466 e. The Labute approximate surface area is 135 Å². The van der Waals surface area contributed by atoms with Crippen molar-refractivity contribution in [2.45, 2.75) is 32.2 Å². The summed E-state index contributed by atoms with van der Waals surface area (Å²) in [5.74, 6) is 0.599. The molecule has 2 aromatic heterocycles. The molecule has 8 nitrogen and oxygen atoms in total. The Morgan fingerprint density at radius 2 is 2.09 bits per heavy atom. The summed E-state index contributed by atoms with van der Waals surface area (Å²) in [6, 6.07) is 0. The first kappa shape index (κ1) is 17.1. The fraction of sp³-hybridized carbons (Fsp3) is 0.600. The van der Waals surface area contributed by atoms with E-state index in [0.717, 1.165) is 42.8 Å². The third kappa shape index (κ3) is 4.62. The van der Waals surface area contributed by atoms with E-state index < -0.39 is 0 Å². The van der Waals surface area contributed by atoms with Crippen LogP contribution in [0.15, 0.2) is 12.7 Å². The highest BCUT2D eigenvalue weighted by atomic mass is 16.5. The predicted octanol–water partition coefficient (Wildman–Crippen LogP) is 0.955. The number of carbonyl (C=O) groups is 1. The van der Waals surface area contributed by atoms with Crippen molar-refractivity contribution >= 4 is 23.0 Å². The van der Waals surface area contributed by atoms with Crippen molar-refractivity contribution in [3.05, 3.63) is 12.7 Å². The molecule has 0 saturated carbocycles. The monoisotopic (exact) mass is 320 g/mol. The fourth-order valence-corrected chi connectivity index (χ4v) is 2.30. The van der Waals surface area contributed by atoms with E-state index in [1.165, 1.54) is 0 Å². The van der Waals surface area contributed by atoms with Gasteiger partial charge >= 0.3 is 5.97 Å². The summed E-state index contributed by atoms with van der Waals surface area (Å²) >= 11 is 0. The van der Waals surface area contributed by atoms with Crippen LogP contribution in [-0.4, -0.2) is 52.7 Å². The van der Waals surface area contributed by atoms with Gasteiger partial charge in [0.2, 0.25) is 0 Å². The van der Waals surface area contributed by atoms with E-state index in [1.807, 2.05) is 23.6 Å². The van der Waals surface area contributed by atoms with E-state index in [4.69, 9.17) is 10.5 Å². The van der Waals surface area contributed by atoms with Crippen LogP contribution in [0.5, 0.6) is 0 Å². The number of hydrogen-bond donors (Lipinski definition) is 1. The van der Waals surface area contributed by atoms with Gasteiger partial charge in [-0.15, -0.1) is 0 Å². The molecule has 8 heteroatoms. The second-order valence-electron chi connectivity index (χ2n) is 5.52. The van der Waals surface area contributed by atoms with Crippen LogP contribution in [0.3, 0.4) is 0 Å². The minimum absolute atomic E-state index is 0.221. The molecule has 0 aliphatic heterocycles. The summed E-state index contributed by atoms with van der Waals surface area (Å²) < 4.78 is 7.10. The Balaban J connectivity index is 1.80. The standard InChI is InChI=1S/C15H24N6O2/c1-20(2)14-13-15(18-10-17-14)21(11-19-13)8-4-3-5-9-23-12(22)6-7-16/h10-11H,3-9,16H2,1-2H3. The normalized spacial score (nSPS) is 10.9. The number of anilines is 1. The van der Waals surface area contributed by atoms with E-state index in [-0.39, 0.29) is 12.4 Å². The molecule has 2 heterocycles. The summed E-state index contributed by atoms with van der Waals surface area (Å²) in [5.41, 5.74) is 6.95. The van der Waals surface area contributed by atoms with Gasteiger partial charge in [0.15, 0.2) is 17.0 Å². The first-order chi connectivity index (χ1) is 11.1. The van der Waals surface area contributed by atoms with Gasteiger partial charge in [0.1, 0.15) is 6.33 Å². The van der Waals surface area contributed by atoms with Gasteiger partial charge in [0.25, 0.3) is 0 Å². The van der Waals surface area contributed by atoms with E-state index >= 15 is 0 Å². The second kappa shape index (κ2) is 8.42. The van der Waals surface area contributed by atoms with Gasteiger partial charge < -0.3 is 19.9 Å². The molecule has 0 unspecified atom stereocenters. The van der Waals surface area contributed by atoms with E-state index in [0.29, 0.717) is 13.2 Å². The summed E-state index contributed by atoms with van der Waals surface area (Å²) in [4.78, 5) is 26.1. The number of ether oxygens (including phenoxy) is 1. The SMILES string of the molecule is CN(C)c1ncnc2c1ncn2CCCCCOC(=O)CCN. The average Bonchev–Trinajstić information content (AvgIpc) is 2.94. The van der Waals surface area contributed by atoms with Gasteiger partial charge in [0.05, 0.1) is 19.4 Å². The Bertz CT molecular complexity index is 640. The molecule has 0 spiro atoms. The number of nitrogens with two attached hydrogens (primary N) is 1. The second-order valence-corrected chi connectivity index (χ2v) is 5.52. The lowest BCUT2D eigenvalue weighted by molar-refractivity contribution is -0.143. The van der Waals surface area contributed by atoms with Gasteiger partial charge in [-0.1, -0.05) is 0 Å². The van der Waals surface area contributed by atoms with Crippen LogP contribution in [0.4, 0.5) is 5.82 Å². The van der Waals surface area contributed by atoms with Crippen molar-refractivity contribution in [3.63, 3.8) is 0 Å². The van der Waals surface area contributed by atoms with Crippen molar-refractivity contribution in [2.24, 2.45) is 5.73 Å². The number of hydrogen-bond acceptors (Lipinski definition) is 7. The number of fused-ring (bicyclic) bond motifs is 1. The van der Waals surface area contributed by atoms with Crippen LogP contribution in [0.2, 0.25) is 0 Å². The molecule has 0 aliphatic rings. The van der Waals surface area contributed by atoms with E-state index in [2.05, 4.69) is 15.0 Å². The molecule has 23 heavy (non-hydrogen) atoms. The molecule has 2 N–H and O–H groups in total. The van der Waals surface area contributed by atoms with Gasteiger partial charge in [-0.3, -0.25) is 4.79 Å². The molecule has 0 bridgehead atoms. The zero-order chi connectivity index (χ0) is 16.7. The number of aromatic nitrogens is 4. The van der Waals surface area contributed by atoms with Crippen LogP contribution >= 0.6 is 0 Å². The van der Waals surface area contributed by atoms with Crippen molar-refractivity contribution in [3.8, 4) is 0 Å². The zero-order valence-electron chi connectivity index (χ0n) is 13.7. The van der Waals surface area contributed by atoms with Crippen LogP contribution in [0, 0.1) is 0 Å². The molecular formula is C15H24N6O2. The summed E-state index contributed by atoms with van der Waals surface area (Å²) in [7, 11) is 3.87. The third-order valence-electron chi connectivity index (χ3n) is 3.46. The highest BCUT2D eigenvalue weighted by Crippen LogP contribution is 2.19. The zero-order valence-corrected chi connectivity index (χ0v) is 13.7. The minimum atomic E-state index is -0.221. The molecule has 0 amide bonds. The maximum absolute atomic E-state index is 11.2. The molecule has 0 radical (unpaired) electrons. The summed E-state index contributed by atoms with van der Waals surface area (Å²) in [6.07, 6.45) is 6.44. The van der Waals surface area contributed by atoms with E-state index in [9.17, 15) is 4.79 Å². The summed E-state index contributed by atoms with van der Waals surface area (Å²) in [6.45, 7) is 1.62. The van der Waals surface area contributed by atoms with Crippen LogP contribution < -0.4 is 10.6 Å². The Morgan fingerprint density at radius 3 is 2.83 bits per heavy atom. The molecule has 0 saturated heterocycles. The number of carbonyl (C=O) groups excluding carboxylic acids is 1. The van der Waals surface area contributed by atoms with Gasteiger partial charge in [-0.05, 0) is 19.3 Å². The summed E-state index contributed by atoms with van der Waals surface area (Å²) in [5, 5.41) is 0. The number of rotatable bonds is 9. The molecule has 0 fully saturated rings. The maximum Gasteiger partial charge on any atom is 0.307 e. The maximum atomic E-state index is 11.2. The van der Waals surface area contributed by atoms with Gasteiger partial charge in [-0.25, -0.2) is 15.0 Å². The van der Waals surface area contributed by atoms with Crippen LogP contribution in [-0.2, 0) is 16.1 Å². The number of aryl methyl sites for hydroxylation is 1. The van der Waals surface area contributed by atoms with Crippen molar-refractivity contribution in [1.82, 2.24) is 19.5 Å². The largest absolute Gasteiger partial charge is 0.466 e. The van der Waals surface area contributed by atoms with Gasteiger partial charge in [0, 0.05) is 27.2 Å². The predicted molar refractivity (Wildman–Crippen MR) is 88.1 cm³/mol. The fourth-order valence-electron chi connectivity index (χ4n) is 2.30. The lowest BCUT2D eigenvalue weighted by Gasteiger charge is -2.11. The first-order valence-electron chi connectivity index (χ1n) is 7.82. The molecule has 2 rings (SSSR count). The Kier molecular flexibility index (Phi) is 6.28. The molecule has 0 atom stereocenters. The van der Waals surface area contributed by atoms with Crippen molar-refractivity contribution in [2.75, 3.05) is 32.1 Å². The third-order valence-corrected chi connectivity index (χ3v) is 3.46. The molecular weight excluding hydrogens is 296 g/mol. The van der Waals surface area contributed by atoms with E-state index in [1.54, 1.807) is 12.7 Å². The first-order valence-corrected chi connectivity index (χ1v) is 7.82. The van der Waals surface area contributed by atoms with Crippen LogP contribution in [0.1, 0.15) is 25.7 Å². The highest BCUT2D eigenvalue weighted by Gasteiger charge is 2.11. The van der Waals surface area contributed by atoms with Crippen molar-refractivity contribution < 1.29 is 9.53 Å². The average molecular weight is 320 g/mol. The topological polar surface area (TPSA) is 99.2 Å². The number of nitrogens with zero attached hydrogens (tertiary/aromatic N) is 5. The van der Waals surface area contributed by atoms with Crippen LogP contribution in [0.25, 0.3) is 11.2 Å².